The number of piperazine rings is 1. The summed E-state index contributed by atoms with van der Waals surface area (Å²) in [6, 6.07) is 15.9. The zero-order chi connectivity index (χ0) is 21.8. The van der Waals surface area contributed by atoms with E-state index in [1.807, 2.05) is 41.3 Å². The van der Waals surface area contributed by atoms with Gasteiger partial charge in [0.15, 0.2) is 11.5 Å². The third-order valence-corrected chi connectivity index (χ3v) is 6.40. The number of nitrogens with zero attached hydrogens (tertiary/aromatic N) is 3. The Labute approximate surface area is 185 Å². The van der Waals surface area contributed by atoms with Crippen LogP contribution in [0.2, 0.25) is 0 Å². The molecule has 0 aromatic heterocycles. The van der Waals surface area contributed by atoms with Gasteiger partial charge in [0.2, 0.25) is 0 Å². The average Bonchev–Trinajstić information content (AvgIpc) is 2.81. The average molecular weight is 424 g/mol. The number of methoxy groups -OCH3 is 1. The molecule has 0 N–H and O–H groups in total. The quantitative estimate of drug-likeness (QED) is 0.739. The molecule has 31 heavy (non-hydrogen) atoms. The van der Waals surface area contributed by atoms with Crippen LogP contribution in [0.5, 0.6) is 11.5 Å². The van der Waals surface area contributed by atoms with Crippen LogP contribution in [0.15, 0.2) is 48.5 Å². The standard InChI is InChI=1S/C25H33N3O3/c1-26-13-11-21(12-14-26)31-23-10-9-20(17-24(23)30-3)25(29)28-16-15-27(2)18-22(28)19-7-5-4-6-8-19/h4-10,17,21-22H,11-16,18H2,1-3H3/t22-/m1/s1. The van der Waals surface area contributed by atoms with Crippen LogP contribution in [0.25, 0.3) is 0 Å². The number of benzene rings is 2. The van der Waals surface area contributed by atoms with Gasteiger partial charge in [0.1, 0.15) is 6.10 Å². The number of amides is 1. The summed E-state index contributed by atoms with van der Waals surface area (Å²) in [4.78, 5) is 20.1. The molecule has 2 heterocycles. The molecule has 1 atom stereocenters. The molecule has 0 radical (unpaired) electrons. The summed E-state index contributed by atoms with van der Waals surface area (Å²) < 4.78 is 11.8. The molecule has 6 nitrogen and oxygen atoms in total. The first kappa shape index (κ1) is 21.7. The molecule has 2 aromatic carbocycles. The highest BCUT2D eigenvalue weighted by Crippen LogP contribution is 2.33. The summed E-state index contributed by atoms with van der Waals surface area (Å²) in [5, 5.41) is 0. The molecule has 2 fully saturated rings. The lowest BCUT2D eigenvalue weighted by molar-refractivity contribution is 0.0497. The molecule has 0 spiro atoms. The number of ether oxygens (including phenoxy) is 2. The van der Waals surface area contributed by atoms with E-state index in [1.54, 1.807) is 7.11 Å². The van der Waals surface area contributed by atoms with Gasteiger partial charge in [-0.2, -0.15) is 0 Å². The van der Waals surface area contributed by atoms with E-state index in [-0.39, 0.29) is 18.1 Å². The summed E-state index contributed by atoms with van der Waals surface area (Å²) in [5.41, 5.74) is 1.80. The third kappa shape index (κ3) is 5.02. The molecule has 4 rings (SSSR count). The molecule has 1 amide bonds. The molecule has 2 aromatic rings. The van der Waals surface area contributed by atoms with Crippen LogP contribution in [0.3, 0.4) is 0 Å². The molecule has 0 saturated carbocycles. The van der Waals surface area contributed by atoms with Crippen LogP contribution in [0.4, 0.5) is 0 Å². The first-order valence-corrected chi connectivity index (χ1v) is 11.1. The van der Waals surface area contributed by atoms with Gasteiger partial charge < -0.3 is 24.2 Å². The fourth-order valence-corrected chi connectivity index (χ4v) is 4.47. The molecule has 0 unspecified atom stereocenters. The van der Waals surface area contributed by atoms with Gasteiger partial charge >= 0.3 is 0 Å². The zero-order valence-corrected chi connectivity index (χ0v) is 18.8. The number of hydrogen-bond acceptors (Lipinski definition) is 5. The molecule has 2 aliphatic heterocycles. The van der Waals surface area contributed by atoms with Gasteiger partial charge in [0.05, 0.1) is 13.2 Å². The predicted octanol–water partition coefficient (Wildman–Crippen LogP) is 3.30. The second-order valence-electron chi connectivity index (χ2n) is 8.67. The summed E-state index contributed by atoms with van der Waals surface area (Å²) >= 11 is 0. The molecule has 0 aliphatic carbocycles. The fourth-order valence-electron chi connectivity index (χ4n) is 4.47. The Kier molecular flexibility index (Phi) is 6.78. The third-order valence-electron chi connectivity index (χ3n) is 6.40. The van der Waals surface area contributed by atoms with Gasteiger partial charge in [-0.1, -0.05) is 30.3 Å². The number of carbonyl (C=O) groups excluding carboxylic acids is 1. The number of likely N-dealkylation sites (tertiary alicyclic amines) is 1. The highest BCUT2D eigenvalue weighted by atomic mass is 16.5. The van der Waals surface area contributed by atoms with E-state index in [4.69, 9.17) is 9.47 Å². The molecular weight excluding hydrogens is 390 g/mol. The Morgan fingerprint density at radius 3 is 2.35 bits per heavy atom. The first-order chi connectivity index (χ1) is 15.0. The maximum atomic E-state index is 13.5. The first-order valence-electron chi connectivity index (χ1n) is 11.1. The van der Waals surface area contributed by atoms with Gasteiger partial charge in [-0.25, -0.2) is 0 Å². The molecule has 2 saturated heterocycles. The lowest BCUT2D eigenvalue weighted by Gasteiger charge is -2.40. The van der Waals surface area contributed by atoms with Crippen molar-refractivity contribution in [1.29, 1.82) is 0 Å². The summed E-state index contributed by atoms with van der Waals surface area (Å²) in [6.07, 6.45) is 2.19. The van der Waals surface area contributed by atoms with E-state index in [0.717, 1.165) is 44.6 Å². The van der Waals surface area contributed by atoms with Crippen molar-refractivity contribution in [1.82, 2.24) is 14.7 Å². The van der Waals surface area contributed by atoms with Crippen LogP contribution in [0.1, 0.15) is 34.8 Å². The topological polar surface area (TPSA) is 45.3 Å². The maximum absolute atomic E-state index is 13.5. The second kappa shape index (κ2) is 9.71. The van der Waals surface area contributed by atoms with Crippen molar-refractivity contribution in [2.45, 2.75) is 25.0 Å². The lowest BCUT2D eigenvalue weighted by atomic mass is 10.0. The monoisotopic (exact) mass is 423 g/mol. The van der Waals surface area contributed by atoms with Gasteiger partial charge in [-0.15, -0.1) is 0 Å². The summed E-state index contributed by atoms with van der Waals surface area (Å²) in [5.74, 6) is 1.37. The normalized spacial score (nSPS) is 21.1. The highest BCUT2D eigenvalue weighted by Gasteiger charge is 2.31. The zero-order valence-electron chi connectivity index (χ0n) is 18.8. The van der Waals surface area contributed by atoms with Crippen molar-refractivity contribution in [3.05, 3.63) is 59.7 Å². The van der Waals surface area contributed by atoms with Gasteiger partial charge in [0, 0.05) is 38.3 Å². The highest BCUT2D eigenvalue weighted by molar-refractivity contribution is 5.95. The van der Waals surface area contributed by atoms with E-state index >= 15 is 0 Å². The van der Waals surface area contributed by atoms with Crippen molar-refractivity contribution in [2.75, 3.05) is 53.9 Å². The van der Waals surface area contributed by atoms with E-state index in [9.17, 15) is 4.79 Å². The summed E-state index contributed by atoms with van der Waals surface area (Å²) in [7, 11) is 5.88. The Bertz CT molecular complexity index is 881. The van der Waals surface area contributed by atoms with Crippen LogP contribution >= 0.6 is 0 Å². The Balaban J connectivity index is 1.53. The minimum atomic E-state index is 0.0334. The van der Waals surface area contributed by atoms with E-state index < -0.39 is 0 Å². The number of rotatable bonds is 5. The van der Waals surface area contributed by atoms with Crippen molar-refractivity contribution >= 4 is 5.91 Å². The van der Waals surface area contributed by atoms with Crippen LogP contribution in [-0.4, -0.2) is 80.6 Å². The summed E-state index contributed by atoms with van der Waals surface area (Å²) in [6.45, 7) is 4.46. The smallest absolute Gasteiger partial charge is 0.254 e. The van der Waals surface area contributed by atoms with Crippen molar-refractivity contribution < 1.29 is 14.3 Å². The van der Waals surface area contributed by atoms with Crippen molar-refractivity contribution in [3.63, 3.8) is 0 Å². The molecule has 166 valence electrons. The predicted molar refractivity (Wildman–Crippen MR) is 122 cm³/mol. The van der Waals surface area contributed by atoms with Crippen LogP contribution < -0.4 is 9.47 Å². The van der Waals surface area contributed by atoms with Crippen LogP contribution in [0, 0.1) is 0 Å². The Morgan fingerprint density at radius 1 is 0.903 bits per heavy atom. The van der Waals surface area contributed by atoms with Gasteiger partial charge in [0.25, 0.3) is 5.91 Å². The lowest BCUT2D eigenvalue weighted by Crippen LogP contribution is -2.49. The van der Waals surface area contributed by atoms with E-state index in [1.165, 1.54) is 0 Å². The number of hydrogen-bond donors (Lipinski definition) is 0. The van der Waals surface area contributed by atoms with Gasteiger partial charge in [-0.3, -0.25) is 4.79 Å². The van der Waals surface area contributed by atoms with Gasteiger partial charge in [-0.05, 0) is 50.7 Å². The molecule has 0 bridgehead atoms. The second-order valence-corrected chi connectivity index (χ2v) is 8.67. The molecular formula is C25H33N3O3. The SMILES string of the molecule is COc1cc(C(=O)N2CCN(C)C[C@@H]2c2ccccc2)ccc1OC1CCN(C)CC1. The minimum absolute atomic E-state index is 0.0334. The van der Waals surface area contributed by atoms with Crippen LogP contribution in [-0.2, 0) is 0 Å². The van der Waals surface area contributed by atoms with E-state index in [2.05, 4.69) is 36.0 Å². The minimum Gasteiger partial charge on any atom is -0.493 e. The maximum Gasteiger partial charge on any atom is 0.254 e. The van der Waals surface area contributed by atoms with Crippen molar-refractivity contribution in [2.24, 2.45) is 0 Å². The van der Waals surface area contributed by atoms with Crippen molar-refractivity contribution in [3.8, 4) is 11.5 Å². The molecule has 2 aliphatic rings. The Hall–Kier alpha value is -2.57. The van der Waals surface area contributed by atoms with E-state index in [0.29, 0.717) is 23.6 Å². The molecule has 6 heteroatoms. The number of piperidine rings is 1. The Morgan fingerprint density at radius 2 is 1.65 bits per heavy atom. The fraction of sp³-hybridized carbons (Fsp3) is 0.480. The largest absolute Gasteiger partial charge is 0.493 e. The number of likely N-dealkylation sites (N-methyl/N-ethyl adjacent to an activating group) is 1. The number of carbonyl (C=O) groups is 1.